The topological polar surface area (TPSA) is 31.0 Å². The molecule has 5 aromatic rings. The van der Waals surface area contributed by atoms with Gasteiger partial charge in [-0.1, -0.05) is 54.6 Å². The third-order valence-corrected chi connectivity index (χ3v) is 6.87. The van der Waals surface area contributed by atoms with Gasteiger partial charge in [0.1, 0.15) is 11.4 Å². The number of para-hydroxylation sites is 2. The highest BCUT2D eigenvalue weighted by Gasteiger charge is 2.22. The van der Waals surface area contributed by atoms with E-state index in [0.29, 0.717) is 0 Å². The lowest BCUT2D eigenvalue weighted by Crippen LogP contribution is -2.38. The molecule has 1 saturated heterocycles. The first kappa shape index (κ1) is 21.0. The number of methoxy groups -OCH3 is 1. The van der Waals surface area contributed by atoms with Crippen LogP contribution in [-0.4, -0.2) is 53.8 Å². The largest absolute Gasteiger partial charge is 0.497 e. The molecule has 0 aliphatic carbocycles. The van der Waals surface area contributed by atoms with Gasteiger partial charge in [0.05, 0.1) is 31.4 Å². The number of fused-ring (bicyclic) bond motifs is 3. The van der Waals surface area contributed by atoms with Crippen molar-refractivity contribution in [1.29, 1.82) is 0 Å². The van der Waals surface area contributed by atoms with Crippen LogP contribution < -0.4 is 4.74 Å². The summed E-state index contributed by atoms with van der Waals surface area (Å²) in [6.45, 7) is 5.59. The summed E-state index contributed by atoms with van der Waals surface area (Å²) in [6, 6.07) is 27.9. The fourth-order valence-electron chi connectivity index (χ4n) is 5.13. The van der Waals surface area contributed by atoms with E-state index in [2.05, 4.69) is 86.8 Å². The van der Waals surface area contributed by atoms with Crippen LogP contribution in [0.2, 0.25) is 0 Å². The van der Waals surface area contributed by atoms with Crippen molar-refractivity contribution in [2.45, 2.75) is 6.54 Å². The minimum absolute atomic E-state index is 0.823. The van der Waals surface area contributed by atoms with E-state index in [-0.39, 0.29) is 0 Å². The molecule has 3 heterocycles. The van der Waals surface area contributed by atoms with E-state index in [1.54, 1.807) is 7.11 Å². The van der Waals surface area contributed by atoms with Crippen molar-refractivity contribution < 1.29 is 9.47 Å². The minimum atomic E-state index is 0.823. The molecule has 0 amide bonds. The highest BCUT2D eigenvalue weighted by atomic mass is 16.5. The Balaban J connectivity index is 1.57. The van der Waals surface area contributed by atoms with E-state index < -0.39 is 0 Å². The molecule has 0 radical (unpaired) electrons. The number of aromatic nitrogens is 2. The molecule has 5 nitrogen and oxygen atoms in total. The van der Waals surface area contributed by atoms with Gasteiger partial charge in [0.15, 0.2) is 0 Å². The van der Waals surface area contributed by atoms with Gasteiger partial charge in [-0.2, -0.15) is 0 Å². The van der Waals surface area contributed by atoms with Crippen LogP contribution in [0, 0.1) is 0 Å². The Morgan fingerprint density at radius 1 is 0.765 bits per heavy atom. The van der Waals surface area contributed by atoms with Gasteiger partial charge < -0.3 is 14.0 Å². The van der Waals surface area contributed by atoms with Gasteiger partial charge >= 0.3 is 0 Å². The van der Waals surface area contributed by atoms with Gasteiger partial charge in [-0.05, 0) is 35.4 Å². The second-order valence-corrected chi connectivity index (χ2v) is 8.80. The highest BCUT2D eigenvalue weighted by Crippen LogP contribution is 2.40. The molecule has 1 aliphatic rings. The summed E-state index contributed by atoms with van der Waals surface area (Å²) in [5, 5.41) is 0. The lowest BCUT2D eigenvalue weighted by atomic mass is 9.98. The summed E-state index contributed by atoms with van der Waals surface area (Å²) in [7, 11) is 1.71. The summed E-state index contributed by atoms with van der Waals surface area (Å²) in [5.74, 6) is 0.870. The van der Waals surface area contributed by atoms with E-state index in [9.17, 15) is 0 Å². The van der Waals surface area contributed by atoms with Crippen molar-refractivity contribution >= 4 is 16.7 Å². The number of nitrogens with zero attached hydrogens (tertiary/aromatic N) is 3. The molecule has 0 spiro atoms. The predicted octanol–water partition coefficient (Wildman–Crippen LogP) is 5.57. The average molecular weight is 452 g/mol. The second-order valence-electron chi connectivity index (χ2n) is 8.80. The summed E-state index contributed by atoms with van der Waals surface area (Å²) in [6.07, 6.45) is 2.30. The number of imidazole rings is 1. The summed E-state index contributed by atoms with van der Waals surface area (Å²) in [4.78, 5) is 2.50. The monoisotopic (exact) mass is 451 g/mol. The quantitative estimate of drug-likeness (QED) is 0.338. The predicted molar refractivity (Wildman–Crippen MR) is 138 cm³/mol. The van der Waals surface area contributed by atoms with Crippen LogP contribution in [0.3, 0.4) is 0 Å². The number of rotatable bonds is 6. The first-order valence-corrected chi connectivity index (χ1v) is 12.0. The number of ether oxygens (including phenoxy) is 2. The fraction of sp³-hybridized carbons (Fsp3) is 0.241. The Bertz CT molecular complexity index is 1410. The molecule has 2 aromatic heterocycles. The standard InChI is InChI=1S/C29H29N3O2/c1-33-24-13-11-22(12-14-24)25-21-32-27-10-6-5-9-26(27)31(16-15-30-17-19-34-20-18-30)29(32)28(25)23-7-3-2-4-8-23/h2-14,21H,15-20H2,1H3. The van der Waals surface area contributed by atoms with Crippen LogP contribution in [0.15, 0.2) is 85.1 Å². The molecule has 0 bridgehead atoms. The third kappa shape index (κ3) is 3.67. The van der Waals surface area contributed by atoms with Crippen molar-refractivity contribution in [1.82, 2.24) is 13.9 Å². The van der Waals surface area contributed by atoms with Gasteiger partial charge in [-0.15, -0.1) is 0 Å². The Labute approximate surface area is 199 Å². The van der Waals surface area contributed by atoms with Crippen LogP contribution in [0.4, 0.5) is 0 Å². The maximum atomic E-state index is 5.56. The molecule has 0 unspecified atom stereocenters. The van der Waals surface area contributed by atoms with Crippen LogP contribution in [0.25, 0.3) is 38.9 Å². The van der Waals surface area contributed by atoms with Crippen molar-refractivity contribution in [3.63, 3.8) is 0 Å². The second kappa shape index (κ2) is 9.01. The van der Waals surface area contributed by atoms with Crippen LogP contribution >= 0.6 is 0 Å². The maximum Gasteiger partial charge on any atom is 0.126 e. The first-order chi connectivity index (χ1) is 16.8. The number of hydrogen-bond acceptors (Lipinski definition) is 3. The van der Waals surface area contributed by atoms with Gasteiger partial charge in [-0.25, -0.2) is 0 Å². The maximum absolute atomic E-state index is 5.56. The Morgan fingerprint density at radius 2 is 1.47 bits per heavy atom. The lowest BCUT2D eigenvalue weighted by Gasteiger charge is -2.26. The molecule has 1 aliphatic heterocycles. The van der Waals surface area contributed by atoms with E-state index in [1.807, 2.05) is 12.1 Å². The van der Waals surface area contributed by atoms with E-state index >= 15 is 0 Å². The SMILES string of the molecule is COc1ccc(-c2cn3c4ccccc4n(CCN4CCOCC4)c3c2-c2ccccc2)cc1. The number of morpholine rings is 1. The summed E-state index contributed by atoms with van der Waals surface area (Å²) >= 11 is 0. The van der Waals surface area contributed by atoms with Gasteiger partial charge in [-0.3, -0.25) is 9.30 Å². The molecule has 0 N–H and O–H groups in total. The number of hydrogen-bond donors (Lipinski definition) is 0. The molecular formula is C29H29N3O2. The third-order valence-electron chi connectivity index (χ3n) is 6.87. The lowest BCUT2D eigenvalue weighted by molar-refractivity contribution is 0.0366. The van der Waals surface area contributed by atoms with Crippen LogP contribution in [0.5, 0.6) is 5.75 Å². The Kier molecular flexibility index (Phi) is 5.57. The molecule has 0 atom stereocenters. The minimum Gasteiger partial charge on any atom is -0.497 e. The fourth-order valence-corrected chi connectivity index (χ4v) is 5.13. The van der Waals surface area contributed by atoms with Gasteiger partial charge in [0, 0.05) is 43.5 Å². The van der Waals surface area contributed by atoms with Crippen molar-refractivity contribution in [2.75, 3.05) is 40.0 Å². The summed E-state index contributed by atoms with van der Waals surface area (Å²) < 4.78 is 15.8. The van der Waals surface area contributed by atoms with Gasteiger partial charge in [0.2, 0.25) is 0 Å². The zero-order valence-corrected chi connectivity index (χ0v) is 19.5. The zero-order valence-electron chi connectivity index (χ0n) is 19.5. The molecule has 3 aromatic carbocycles. The first-order valence-electron chi connectivity index (χ1n) is 12.0. The molecule has 6 rings (SSSR count). The smallest absolute Gasteiger partial charge is 0.126 e. The van der Waals surface area contributed by atoms with Gasteiger partial charge in [0.25, 0.3) is 0 Å². The molecule has 0 saturated carbocycles. The van der Waals surface area contributed by atoms with Crippen molar-refractivity contribution in [2.24, 2.45) is 0 Å². The highest BCUT2D eigenvalue weighted by molar-refractivity contribution is 5.98. The Hall–Kier alpha value is -3.54. The molecular weight excluding hydrogens is 422 g/mol. The molecule has 172 valence electrons. The van der Waals surface area contributed by atoms with E-state index in [4.69, 9.17) is 9.47 Å². The molecule has 1 fully saturated rings. The van der Waals surface area contributed by atoms with Crippen molar-refractivity contribution in [3.8, 4) is 28.0 Å². The average Bonchev–Trinajstić information content (AvgIpc) is 3.44. The Morgan fingerprint density at radius 3 is 2.21 bits per heavy atom. The van der Waals surface area contributed by atoms with E-state index in [1.165, 1.54) is 38.9 Å². The van der Waals surface area contributed by atoms with Crippen LogP contribution in [0.1, 0.15) is 0 Å². The van der Waals surface area contributed by atoms with E-state index in [0.717, 1.165) is 45.1 Å². The molecule has 34 heavy (non-hydrogen) atoms. The number of benzene rings is 3. The zero-order chi connectivity index (χ0) is 22.9. The van der Waals surface area contributed by atoms with Crippen molar-refractivity contribution in [3.05, 3.63) is 85.1 Å². The molecule has 5 heteroatoms. The normalized spacial score (nSPS) is 14.7. The summed E-state index contributed by atoms with van der Waals surface area (Å²) in [5.41, 5.74) is 8.66. The van der Waals surface area contributed by atoms with Crippen LogP contribution in [-0.2, 0) is 11.3 Å².